The number of nitrogens with one attached hydrogen (secondary N) is 1. The molecule has 0 aromatic heterocycles. The number of hydrogen-bond acceptors (Lipinski definition) is 3. The zero-order valence-electron chi connectivity index (χ0n) is 9.90. The number of nitrogens with zero attached hydrogens (tertiary/aromatic N) is 1. The molecule has 1 saturated heterocycles. The highest BCUT2D eigenvalue weighted by atomic mass is 79.9. The summed E-state index contributed by atoms with van der Waals surface area (Å²) in [5, 5.41) is 12.0. The standard InChI is InChI=1S/C12H12BrFN2O3/c13-8-3-7(4-9(14)5-8)11(17)16-2-1-15-6-10(16)12(18)19/h3-5,10,15H,1-2,6H2,(H,18,19). The molecule has 102 valence electrons. The lowest BCUT2D eigenvalue weighted by Gasteiger charge is -2.33. The van der Waals surface area contributed by atoms with Gasteiger partial charge >= 0.3 is 5.97 Å². The van der Waals surface area contributed by atoms with Gasteiger partial charge in [-0.05, 0) is 18.2 Å². The van der Waals surface area contributed by atoms with Crippen molar-refractivity contribution >= 4 is 27.8 Å². The molecule has 0 bridgehead atoms. The van der Waals surface area contributed by atoms with E-state index in [0.29, 0.717) is 11.0 Å². The summed E-state index contributed by atoms with van der Waals surface area (Å²) < 4.78 is 13.7. The molecule has 5 nitrogen and oxygen atoms in total. The number of rotatable bonds is 2. The van der Waals surface area contributed by atoms with E-state index in [4.69, 9.17) is 5.11 Å². The molecular weight excluding hydrogens is 319 g/mol. The van der Waals surface area contributed by atoms with Crippen LogP contribution in [0.5, 0.6) is 0 Å². The minimum absolute atomic E-state index is 0.139. The average Bonchev–Trinajstić information content (AvgIpc) is 2.36. The van der Waals surface area contributed by atoms with Crippen LogP contribution in [-0.4, -0.2) is 47.6 Å². The maximum absolute atomic E-state index is 13.3. The van der Waals surface area contributed by atoms with Crippen LogP contribution in [0.4, 0.5) is 4.39 Å². The highest BCUT2D eigenvalue weighted by molar-refractivity contribution is 9.10. The molecule has 0 aliphatic carbocycles. The Morgan fingerprint density at radius 3 is 2.79 bits per heavy atom. The van der Waals surface area contributed by atoms with Gasteiger partial charge in [0, 0.05) is 29.7 Å². The van der Waals surface area contributed by atoms with Crippen molar-refractivity contribution in [3.05, 3.63) is 34.1 Å². The van der Waals surface area contributed by atoms with Gasteiger partial charge in [-0.2, -0.15) is 0 Å². The smallest absolute Gasteiger partial charge is 0.327 e. The van der Waals surface area contributed by atoms with Crippen LogP contribution in [0.15, 0.2) is 22.7 Å². The molecule has 1 heterocycles. The van der Waals surface area contributed by atoms with E-state index in [9.17, 15) is 14.0 Å². The SMILES string of the molecule is O=C(O)C1CNCCN1C(=O)c1cc(F)cc(Br)c1. The summed E-state index contributed by atoms with van der Waals surface area (Å²) in [4.78, 5) is 24.6. The van der Waals surface area contributed by atoms with Crippen LogP contribution in [0.2, 0.25) is 0 Å². The van der Waals surface area contributed by atoms with E-state index in [1.807, 2.05) is 0 Å². The van der Waals surface area contributed by atoms with Gasteiger partial charge in [0.2, 0.25) is 0 Å². The molecule has 1 atom stereocenters. The highest BCUT2D eigenvalue weighted by Crippen LogP contribution is 2.18. The first-order chi connectivity index (χ1) is 8.99. The number of amides is 1. The van der Waals surface area contributed by atoms with Gasteiger partial charge < -0.3 is 15.3 Å². The molecule has 1 unspecified atom stereocenters. The predicted octanol–water partition coefficient (Wildman–Crippen LogP) is 1.09. The Kier molecular flexibility index (Phi) is 4.16. The van der Waals surface area contributed by atoms with E-state index in [0.717, 1.165) is 6.07 Å². The molecule has 1 amide bonds. The first-order valence-corrected chi connectivity index (χ1v) is 6.49. The monoisotopic (exact) mass is 330 g/mol. The lowest BCUT2D eigenvalue weighted by Crippen LogP contribution is -2.57. The van der Waals surface area contributed by atoms with Crippen molar-refractivity contribution < 1.29 is 19.1 Å². The Hall–Kier alpha value is -1.47. The van der Waals surface area contributed by atoms with Gasteiger partial charge in [0.25, 0.3) is 5.91 Å². The highest BCUT2D eigenvalue weighted by Gasteiger charge is 2.32. The Bertz CT molecular complexity index is 503. The second-order valence-corrected chi connectivity index (χ2v) is 5.13. The molecule has 1 aromatic rings. The predicted molar refractivity (Wildman–Crippen MR) is 69.4 cm³/mol. The third-order valence-corrected chi connectivity index (χ3v) is 3.36. The molecule has 19 heavy (non-hydrogen) atoms. The largest absolute Gasteiger partial charge is 0.480 e. The molecule has 0 saturated carbocycles. The topological polar surface area (TPSA) is 69.6 Å². The summed E-state index contributed by atoms with van der Waals surface area (Å²) in [5.74, 6) is -2.09. The summed E-state index contributed by atoms with van der Waals surface area (Å²) in [5.41, 5.74) is 0.139. The molecule has 2 rings (SSSR count). The van der Waals surface area contributed by atoms with Gasteiger partial charge in [0.15, 0.2) is 0 Å². The number of piperazine rings is 1. The maximum atomic E-state index is 13.3. The van der Waals surface area contributed by atoms with Gasteiger partial charge in [-0.3, -0.25) is 4.79 Å². The maximum Gasteiger partial charge on any atom is 0.327 e. The van der Waals surface area contributed by atoms with Crippen LogP contribution in [0.25, 0.3) is 0 Å². The number of carboxylic acids is 1. The van der Waals surface area contributed by atoms with Crippen molar-refractivity contribution in [2.75, 3.05) is 19.6 Å². The first kappa shape index (κ1) is 14.0. The van der Waals surface area contributed by atoms with E-state index < -0.39 is 23.7 Å². The van der Waals surface area contributed by atoms with Crippen LogP contribution in [0.3, 0.4) is 0 Å². The van der Waals surface area contributed by atoms with Crippen LogP contribution < -0.4 is 5.32 Å². The molecule has 0 radical (unpaired) electrons. The molecule has 1 aromatic carbocycles. The molecule has 7 heteroatoms. The third kappa shape index (κ3) is 3.10. The molecule has 1 aliphatic heterocycles. The van der Waals surface area contributed by atoms with Crippen molar-refractivity contribution in [3.63, 3.8) is 0 Å². The minimum atomic E-state index is -1.07. The molecular formula is C12H12BrFN2O3. The van der Waals surface area contributed by atoms with Crippen molar-refractivity contribution in [3.8, 4) is 0 Å². The fraction of sp³-hybridized carbons (Fsp3) is 0.333. The second-order valence-electron chi connectivity index (χ2n) is 4.21. The van der Waals surface area contributed by atoms with Crippen molar-refractivity contribution in [2.45, 2.75) is 6.04 Å². The number of carboxylic acid groups (broad SMARTS) is 1. The zero-order valence-corrected chi connectivity index (χ0v) is 11.5. The number of benzene rings is 1. The van der Waals surface area contributed by atoms with Crippen LogP contribution in [0, 0.1) is 5.82 Å². The summed E-state index contributed by atoms with van der Waals surface area (Å²) in [7, 11) is 0. The van der Waals surface area contributed by atoms with Gasteiger partial charge in [-0.15, -0.1) is 0 Å². The Morgan fingerprint density at radius 2 is 2.16 bits per heavy atom. The molecule has 2 N–H and O–H groups in total. The second kappa shape index (κ2) is 5.66. The summed E-state index contributed by atoms with van der Waals surface area (Å²) in [6.07, 6.45) is 0. The quantitative estimate of drug-likeness (QED) is 0.851. The molecule has 1 aliphatic rings. The molecule has 1 fully saturated rings. The van der Waals surface area contributed by atoms with Crippen molar-refractivity contribution in [1.29, 1.82) is 0 Å². The normalized spacial score (nSPS) is 19.3. The van der Waals surface area contributed by atoms with Crippen LogP contribution in [-0.2, 0) is 4.79 Å². The van der Waals surface area contributed by atoms with E-state index in [1.54, 1.807) is 0 Å². The Morgan fingerprint density at radius 1 is 1.42 bits per heavy atom. The number of carbonyl (C=O) groups is 2. The van der Waals surface area contributed by atoms with Crippen molar-refractivity contribution in [2.24, 2.45) is 0 Å². The lowest BCUT2D eigenvalue weighted by atomic mass is 10.1. The van der Waals surface area contributed by atoms with Gasteiger partial charge in [-0.25, -0.2) is 9.18 Å². The number of carbonyl (C=O) groups excluding carboxylic acids is 1. The number of halogens is 2. The van der Waals surface area contributed by atoms with Crippen molar-refractivity contribution in [1.82, 2.24) is 10.2 Å². The van der Waals surface area contributed by atoms with Crippen LogP contribution in [0.1, 0.15) is 10.4 Å². The number of hydrogen-bond donors (Lipinski definition) is 2. The van der Waals surface area contributed by atoms with E-state index in [2.05, 4.69) is 21.2 Å². The number of aliphatic carboxylic acids is 1. The summed E-state index contributed by atoms with van der Waals surface area (Å²) >= 11 is 3.11. The lowest BCUT2D eigenvalue weighted by molar-refractivity contribution is -0.142. The Labute approximate surface area is 117 Å². The van der Waals surface area contributed by atoms with E-state index >= 15 is 0 Å². The minimum Gasteiger partial charge on any atom is -0.480 e. The fourth-order valence-corrected chi connectivity index (χ4v) is 2.48. The zero-order chi connectivity index (χ0) is 14.0. The summed E-state index contributed by atoms with van der Waals surface area (Å²) in [6, 6.07) is 2.90. The van der Waals surface area contributed by atoms with Gasteiger partial charge in [-0.1, -0.05) is 15.9 Å². The fourth-order valence-electron chi connectivity index (χ4n) is 2.01. The average molecular weight is 331 g/mol. The molecule has 0 spiro atoms. The third-order valence-electron chi connectivity index (χ3n) is 2.90. The Balaban J connectivity index is 2.28. The van der Waals surface area contributed by atoms with E-state index in [1.165, 1.54) is 17.0 Å². The summed E-state index contributed by atoms with van der Waals surface area (Å²) in [6.45, 7) is 0.994. The van der Waals surface area contributed by atoms with E-state index in [-0.39, 0.29) is 18.7 Å². The first-order valence-electron chi connectivity index (χ1n) is 5.69. The van der Waals surface area contributed by atoms with Gasteiger partial charge in [0.1, 0.15) is 11.9 Å². The van der Waals surface area contributed by atoms with Gasteiger partial charge in [0.05, 0.1) is 0 Å². The van der Waals surface area contributed by atoms with Crippen LogP contribution >= 0.6 is 15.9 Å².